The fourth-order valence-corrected chi connectivity index (χ4v) is 4.69. The van der Waals surface area contributed by atoms with Crippen LogP contribution in [-0.4, -0.2) is 64.5 Å². The number of morpholine rings is 1. The van der Waals surface area contributed by atoms with Crippen LogP contribution in [0.4, 0.5) is 5.69 Å². The average molecular weight is 395 g/mol. The fraction of sp³-hybridized carbons (Fsp3) is 0.556. The third kappa shape index (κ3) is 3.99. The molecule has 1 aromatic carbocycles. The molecule has 0 radical (unpaired) electrons. The van der Waals surface area contributed by atoms with Gasteiger partial charge in [-0.1, -0.05) is 13.8 Å². The number of carbonyl (C=O) groups excluding carboxylic acids is 2. The lowest BCUT2D eigenvalue weighted by atomic mass is 10.0. The van der Waals surface area contributed by atoms with Crippen molar-refractivity contribution in [2.75, 3.05) is 38.3 Å². The summed E-state index contributed by atoms with van der Waals surface area (Å²) in [5.74, 6) is -0.528. The van der Waals surface area contributed by atoms with E-state index < -0.39 is 16.1 Å². The molecule has 1 fully saturated rings. The van der Waals surface area contributed by atoms with E-state index in [9.17, 15) is 18.0 Å². The van der Waals surface area contributed by atoms with Crippen LogP contribution in [0, 0.1) is 5.92 Å². The van der Waals surface area contributed by atoms with Crippen LogP contribution >= 0.6 is 0 Å². The van der Waals surface area contributed by atoms with E-state index in [0.717, 1.165) is 0 Å². The largest absolute Gasteiger partial charge is 0.378 e. The third-order valence-electron chi connectivity index (χ3n) is 4.98. The van der Waals surface area contributed by atoms with E-state index in [-0.39, 0.29) is 29.0 Å². The highest BCUT2D eigenvalue weighted by atomic mass is 32.2. The molecule has 0 spiro atoms. The molecule has 1 saturated heterocycles. The summed E-state index contributed by atoms with van der Waals surface area (Å²) in [5, 5.41) is 0. The number of ether oxygens (including phenoxy) is 1. The van der Waals surface area contributed by atoms with Gasteiger partial charge in [-0.3, -0.25) is 9.59 Å². The zero-order chi connectivity index (χ0) is 19.8. The van der Waals surface area contributed by atoms with E-state index in [2.05, 4.69) is 4.72 Å². The van der Waals surface area contributed by atoms with Crippen molar-refractivity contribution in [2.45, 2.75) is 31.2 Å². The minimum absolute atomic E-state index is 0.0600. The first-order valence-electron chi connectivity index (χ1n) is 8.99. The number of sulfonamides is 1. The summed E-state index contributed by atoms with van der Waals surface area (Å²) in [7, 11) is -2.24. The molecule has 8 nitrogen and oxygen atoms in total. The van der Waals surface area contributed by atoms with Gasteiger partial charge in [0.15, 0.2) is 0 Å². The van der Waals surface area contributed by atoms with Gasteiger partial charge in [0.1, 0.15) is 6.04 Å². The Balaban J connectivity index is 1.82. The zero-order valence-corrected chi connectivity index (χ0v) is 16.6. The van der Waals surface area contributed by atoms with Crippen LogP contribution in [0.3, 0.4) is 0 Å². The summed E-state index contributed by atoms with van der Waals surface area (Å²) in [6, 6.07) is 3.75. The van der Waals surface area contributed by atoms with Gasteiger partial charge in [-0.05, 0) is 29.7 Å². The monoisotopic (exact) mass is 395 g/mol. The number of carbonyl (C=O) groups is 2. The Morgan fingerprint density at radius 1 is 1.22 bits per heavy atom. The van der Waals surface area contributed by atoms with Gasteiger partial charge < -0.3 is 14.5 Å². The van der Waals surface area contributed by atoms with Crippen molar-refractivity contribution < 1.29 is 22.7 Å². The molecule has 0 bridgehead atoms. The molecule has 0 unspecified atom stereocenters. The number of anilines is 1. The van der Waals surface area contributed by atoms with Crippen LogP contribution < -0.4 is 9.62 Å². The summed E-state index contributed by atoms with van der Waals surface area (Å²) >= 11 is 0. The number of likely N-dealkylation sites (N-methyl/N-ethyl adjacent to an activating group) is 1. The van der Waals surface area contributed by atoms with Crippen LogP contribution in [0.2, 0.25) is 0 Å². The smallest absolute Gasteiger partial charge is 0.241 e. The second-order valence-electron chi connectivity index (χ2n) is 7.20. The van der Waals surface area contributed by atoms with Gasteiger partial charge in [0.25, 0.3) is 0 Å². The number of rotatable bonds is 5. The van der Waals surface area contributed by atoms with Gasteiger partial charge in [-0.15, -0.1) is 0 Å². The van der Waals surface area contributed by atoms with E-state index in [0.29, 0.717) is 37.6 Å². The number of nitrogens with zero attached hydrogens (tertiary/aromatic N) is 2. The van der Waals surface area contributed by atoms with E-state index in [4.69, 9.17) is 4.74 Å². The molecular weight excluding hydrogens is 370 g/mol. The Hall–Kier alpha value is -1.97. The highest BCUT2D eigenvalue weighted by molar-refractivity contribution is 7.89. The van der Waals surface area contributed by atoms with Crippen LogP contribution in [-0.2, 0) is 30.8 Å². The zero-order valence-electron chi connectivity index (χ0n) is 15.8. The van der Waals surface area contributed by atoms with Crippen molar-refractivity contribution in [3.05, 3.63) is 23.8 Å². The van der Waals surface area contributed by atoms with Crippen molar-refractivity contribution >= 4 is 27.5 Å². The molecule has 2 amide bonds. The Morgan fingerprint density at radius 3 is 2.52 bits per heavy atom. The summed E-state index contributed by atoms with van der Waals surface area (Å²) in [6.07, 6.45) is 0.176. The van der Waals surface area contributed by atoms with Crippen molar-refractivity contribution in [1.82, 2.24) is 9.62 Å². The molecule has 2 aliphatic rings. The quantitative estimate of drug-likeness (QED) is 0.777. The van der Waals surface area contributed by atoms with E-state index in [1.165, 1.54) is 17.0 Å². The minimum atomic E-state index is -3.90. The van der Waals surface area contributed by atoms with Gasteiger partial charge >= 0.3 is 0 Å². The van der Waals surface area contributed by atoms with E-state index in [1.807, 2.05) is 13.8 Å². The van der Waals surface area contributed by atoms with Crippen molar-refractivity contribution in [1.29, 1.82) is 0 Å². The molecule has 1 N–H and O–H groups in total. The lowest BCUT2D eigenvalue weighted by Crippen LogP contribution is -2.53. The standard InChI is InChI=1S/C18H25N3O5S/c1-12(2)17(18(23)21-6-8-26-9-7-21)19-27(24,25)14-4-5-15-13(10-14)11-16(22)20(15)3/h4-5,10,12,17,19H,6-9,11H2,1-3H3/t17-/m0/s1. The van der Waals surface area contributed by atoms with Gasteiger partial charge in [0, 0.05) is 25.8 Å². The van der Waals surface area contributed by atoms with Gasteiger partial charge in [-0.25, -0.2) is 8.42 Å². The second-order valence-corrected chi connectivity index (χ2v) is 8.91. The Labute approximate surface area is 159 Å². The molecule has 2 heterocycles. The maximum atomic E-state index is 12.9. The molecule has 2 aliphatic heterocycles. The maximum absolute atomic E-state index is 12.9. The van der Waals surface area contributed by atoms with Gasteiger partial charge in [0.2, 0.25) is 21.8 Å². The Morgan fingerprint density at radius 2 is 1.89 bits per heavy atom. The molecule has 1 atom stereocenters. The number of hydrogen-bond donors (Lipinski definition) is 1. The molecule has 1 aromatic rings. The molecule has 0 saturated carbocycles. The van der Waals surface area contributed by atoms with E-state index >= 15 is 0 Å². The van der Waals surface area contributed by atoms with Crippen LogP contribution in [0.5, 0.6) is 0 Å². The summed E-state index contributed by atoms with van der Waals surface area (Å²) in [6.45, 7) is 5.43. The average Bonchev–Trinajstić information content (AvgIpc) is 2.93. The maximum Gasteiger partial charge on any atom is 0.241 e. The van der Waals surface area contributed by atoms with Crippen LogP contribution in [0.15, 0.2) is 23.1 Å². The molecule has 3 rings (SSSR count). The predicted molar refractivity (Wildman–Crippen MR) is 99.9 cm³/mol. The van der Waals surface area contributed by atoms with Crippen LogP contribution in [0.1, 0.15) is 19.4 Å². The number of amides is 2. The topological polar surface area (TPSA) is 96.0 Å². The first kappa shape index (κ1) is 19.8. The Bertz CT molecular complexity index is 847. The molecule has 27 heavy (non-hydrogen) atoms. The highest BCUT2D eigenvalue weighted by Gasteiger charge is 2.33. The van der Waals surface area contributed by atoms with Gasteiger partial charge in [-0.2, -0.15) is 4.72 Å². The predicted octanol–water partition coefficient (Wildman–Crippen LogP) is 0.367. The minimum Gasteiger partial charge on any atom is -0.378 e. The molecule has 0 aliphatic carbocycles. The number of fused-ring (bicyclic) bond motifs is 1. The van der Waals surface area contributed by atoms with Crippen molar-refractivity contribution in [2.24, 2.45) is 5.92 Å². The lowest BCUT2D eigenvalue weighted by Gasteiger charge is -2.32. The van der Waals surface area contributed by atoms with Gasteiger partial charge in [0.05, 0.1) is 24.5 Å². The van der Waals surface area contributed by atoms with Crippen LogP contribution in [0.25, 0.3) is 0 Å². The summed E-state index contributed by atoms with van der Waals surface area (Å²) in [5.41, 5.74) is 1.38. The lowest BCUT2D eigenvalue weighted by molar-refractivity contribution is -0.138. The Kier molecular flexibility index (Phi) is 5.55. The highest BCUT2D eigenvalue weighted by Crippen LogP contribution is 2.29. The fourth-order valence-electron chi connectivity index (χ4n) is 3.30. The number of benzene rings is 1. The second kappa shape index (κ2) is 7.57. The summed E-state index contributed by atoms with van der Waals surface area (Å²) in [4.78, 5) is 27.8. The first-order valence-corrected chi connectivity index (χ1v) is 10.5. The molecular formula is C18H25N3O5S. The number of hydrogen-bond acceptors (Lipinski definition) is 5. The number of nitrogens with one attached hydrogen (secondary N) is 1. The SMILES string of the molecule is CC(C)[C@H](NS(=O)(=O)c1ccc2c(c1)CC(=O)N2C)C(=O)N1CCOCC1. The summed E-state index contributed by atoms with van der Waals surface area (Å²) < 4.78 is 33.6. The van der Waals surface area contributed by atoms with E-state index in [1.54, 1.807) is 18.0 Å². The first-order chi connectivity index (χ1) is 12.7. The molecule has 9 heteroatoms. The molecule has 148 valence electrons. The van der Waals surface area contributed by atoms with Crippen molar-refractivity contribution in [3.63, 3.8) is 0 Å². The normalized spacial score (nSPS) is 18.7. The third-order valence-corrected chi connectivity index (χ3v) is 6.41. The van der Waals surface area contributed by atoms with Crippen molar-refractivity contribution in [3.8, 4) is 0 Å². The molecule has 0 aromatic heterocycles.